The van der Waals surface area contributed by atoms with Gasteiger partial charge < -0.3 is 0 Å². The molecule has 1 heterocycles. The number of hydrogen-bond donors (Lipinski definition) is 1. The number of aromatic nitrogens is 3. The average Bonchev–Trinajstić information content (AvgIpc) is 2.80. The van der Waals surface area contributed by atoms with Gasteiger partial charge in [-0.15, -0.1) is 6.58 Å². The van der Waals surface area contributed by atoms with Crippen LogP contribution in [0.25, 0.3) is 0 Å². The third-order valence-electron chi connectivity index (χ3n) is 2.17. The molecule has 0 saturated carbocycles. The Labute approximate surface area is 90.5 Å². The third kappa shape index (κ3) is 2.22. The standard InChI is InChI=1S/C11H12N3Si/c1-2-8-15(11-12-9-13-14-11)10-6-4-3-5-7-10/h2-7,9H,1,8H2,(H,12,13,14). The van der Waals surface area contributed by atoms with E-state index in [1.807, 2.05) is 12.1 Å². The smallest absolute Gasteiger partial charge is 0.174 e. The Balaban J connectivity index is 2.32. The molecule has 0 aliphatic rings. The van der Waals surface area contributed by atoms with Gasteiger partial charge in [-0.3, -0.25) is 5.10 Å². The van der Waals surface area contributed by atoms with Crippen molar-refractivity contribution in [2.45, 2.75) is 6.04 Å². The van der Waals surface area contributed by atoms with Gasteiger partial charge in [-0.25, -0.2) is 4.98 Å². The van der Waals surface area contributed by atoms with Crippen LogP contribution < -0.4 is 10.6 Å². The van der Waals surface area contributed by atoms with Crippen LogP contribution in [-0.2, 0) is 0 Å². The molecule has 0 saturated heterocycles. The maximum Gasteiger partial charge on any atom is 0.174 e. The zero-order chi connectivity index (χ0) is 10.5. The van der Waals surface area contributed by atoms with E-state index >= 15 is 0 Å². The molecule has 2 aromatic rings. The number of H-pyrrole nitrogens is 1. The Kier molecular flexibility index (Phi) is 3.09. The van der Waals surface area contributed by atoms with Crippen LogP contribution >= 0.6 is 0 Å². The second-order valence-corrected chi connectivity index (χ2v) is 5.59. The predicted octanol–water partition coefficient (Wildman–Crippen LogP) is 0.600. The van der Waals surface area contributed by atoms with Gasteiger partial charge in [0.15, 0.2) is 8.80 Å². The Morgan fingerprint density at radius 1 is 1.33 bits per heavy atom. The molecule has 0 fully saturated rings. The van der Waals surface area contributed by atoms with Crippen LogP contribution in [-0.4, -0.2) is 24.0 Å². The van der Waals surface area contributed by atoms with Gasteiger partial charge in [-0.05, 0) is 6.04 Å². The van der Waals surface area contributed by atoms with Crippen LogP contribution in [0.2, 0.25) is 6.04 Å². The first-order valence-electron chi connectivity index (χ1n) is 4.79. The maximum atomic E-state index is 4.24. The van der Waals surface area contributed by atoms with E-state index in [1.165, 1.54) is 5.19 Å². The fraction of sp³-hybridized carbons (Fsp3) is 0.0909. The van der Waals surface area contributed by atoms with Crippen LogP contribution in [0.5, 0.6) is 0 Å². The highest BCUT2D eigenvalue weighted by Crippen LogP contribution is 1.94. The highest BCUT2D eigenvalue weighted by Gasteiger charge is 2.17. The Bertz CT molecular complexity index is 411. The third-order valence-corrected chi connectivity index (χ3v) is 4.71. The minimum absolute atomic E-state index is 0.855. The van der Waals surface area contributed by atoms with Crippen molar-refractivity contribution < 1.29 is 0 Å². The summed E-state index contributed by atoms with van der Waals surface area (Å²) in [5, 5.41) is 8.20. The summed E-state index contributed by atoms with van der Waals surface area (Å²) < 4.78 is 0. The van der Waals surface area contributed by atoms with Gasteiger partial charge in [0, 0.05) is 0 Å². The molecule has 1 aromatic heterocycles. The predicted molar refractivity (Wildman–Crippen MR) is 62.9 cm³/mol. The Hall–Kier alpha value is -1.68. The van der Waals surface area contributed by atoms with E-state index in [0.29, 0.717) is 0 Å². The molecular weight excluding hydrogens is 202 g/mol. The van der Waals surface area contributed by atoms with Crippen molar-refractivity contribution in [3.63, 3.8) is 0 Å². The number of nitrogens with zero attached hydrogens (tertiary/aromatic N) is 2. The summed E-state index contributed by atoms with van der Waals surface area (Å²) in [6.07, 6.45) is 3.51. The summed E-state index contributed by atoms with van der Waals surface area (Å²) >= 11 is 0. The summed E-state index contributed by atoms with van der Waals surface area (Å²) in [5.74, 6) is 0. The molecule has 0 unspecified atom stereocenters. The summed E-state index contributed by atoms with van der Waals surface area (Å²) in [5.41, 5.74) is 0.992. The summed E-state index contributed by atoms with van der Waals surface area (Å²) in [6.45, 7) is 3.80. The van der Waals surface area contributed by atoms with E-state index in [9.17, 15) is 0 Å². The lowest BCUT2D eigenvalue weighted by Crippen LogP contribution is -2.43. The SMILES string of the molecule is C=CC[Si](c1ccccc1)c1ncn[nH]1. The number of aromatic amines is 1. The molecule has 4 heteroatoms. The topological polar surface area (TPSA) is 41.6 Å². The minimum Gasteiger partial charge on any atom is -0.268 e. The van der Waals surface area contributed by atoms with E-state index < -0.39 is 8.80 Å². The largest absolute Gasteiger partial charge is 0.268 e. The van der Waals surface area contributed by atoms with Crippen molar-refractivity contribution >= 4 is 19.4 Å². The second kappa shape index (κ2) is 4.70. The van der Waals surface area contributed by atoms with E-state index in [-0.39, 0.29) is 0 Å². The van der Waals surface area contributed by atoms with Crippen molar-refractivity contribution in [1.82, 2.24) is 15.2 Å². The van der Waals surface area contributed by atoms with E-state index in [2.05, 4.69) is 46.0 Å². The van der Waals surface area contributed by atoms with Crippen LogP contribution in [0.4, 0.5) is 0 Å². The first-order chi connectivity index (χ1) is 7.42. The van der Waals surface area contributed by atoms with Crippen LogP contribution in [0.3, 0.4) is 0 Å². The maximum absolute atomic E-state index is 4.24. The molecule has 1 radical (unpaired) electrons. The fourth-order valence-corrected chi connectivity index (χ4v) is 3.48. The van der Waals surface area contributed by atoms with Crippen molar-refractivity contribution in [2.75, 3.05) is 0 Å². The van der Waals surface area contributed by atoms with E-state index in [1.54, 1.807) is 6.33 Å². The van der Waals surface area contributed by atoms with Crippen molar-refractivity contribution in [1.29, 1.82) is 0 Å². The second-order valence-electron chi connectivity index (χ2n) is 3.17. The molecule has 15 heavy (non-hydrogen) atoms. The Morgan fingerprint density at radius 2 is 2.13 bits per heavy atom. The average molecular weight is 214 g/mol. The first-order valence-corrected chi connectivity index (χ1v) is 6.50. The lowest BCUT2D eigenvalue weighted by Gasteiger charge is -2.09. The van der Waals surface area contributed by atoms with Gasteiger partial charge in [0.05, 0.1) is 0 Å². The van der Waals surface area contributed by atoms with Gasteiger partial charge in [-0.1, -0.05) is 41.6 Å². The molecule has 3 nitrogen and oxygen atoms in total. The minimum atomic E-state index is -0.855. The highest BCUT2D eigenvalue weighted by molar-refractivity contribution is 6.84. The zero-order valence-corrected chi connectivity index (χ0v) is 9.35. The molecule has 0 spiro atoms. The lowest BCUT2D eigenvalue weighted by atomic mass is 10.4. The normalized spacial score (nSPS) is 10.5. The molecule has 0 aliphatic carbocycles. The molecule has 0 amide bonds. The van der Waals surface area contributed by atoms with Gasteiger partial charge >= 0.3 is 0 Å². The number of nitrogens with one attached hydrogen (secondary N) is 1. The zero-order valence-electron chi connectivity index (χ0n) is 8.35. The summed E-state index contributed by atoms with van der Waals surface area (Å²) in [6, 6.07) is 11.4. The van der Waals surface area contributed by atoms with Crippen molar-refractivity contribution in [3.8, 4) is 0 Å². The van der Waals surface area contributed by atoms with Crippen molar-refractivity contribution in [2.24, 2.45) is 0 Å². The molecule has 0 bridgehead atoms. The summed E-state index contributed by atoms with van der Waals surface area (Å²) in [4.78, 5) is 4.24. The Morgan fingerprint density at radius 3 is 2.73 bits per heavy atom. The fourth-order valence-electron chi connectivity index (χ4n) is 1.49. The van der Waals surface area contributed by atoms with E-state index in [4.69, 9.17) is 0 Å². The molecule has 0 atom stereocenters. The summed E-state index contributed by atoms with van der Waals surface area (Å²) in [7, 11) is -0.855. The monoisotopic (exact) mass is 214 g/mol. The molecular formula is C11H12N3Si. The van der Waals surface area contributed by atoms with Gasteiger partial charge in [0.1, 0.15) is 11.8 Å². The van der Waals surface area contributed by atoms with E-state index in [0.717, 1.165) is 11.5 Å². The molecule has 1 N–H and O–H groups in total. The number of hydrogen-bond acceptors (Lipinski definition) is 2. The quantitative estimate of drug-likeness (QED) is 0.598. The molecule has 0 aliphatic heterocycles. The lowest BCUT2D eigenvalue weighted by molar-refractivity contribution is 1.11. The van der Waals surface area contributed by atoms with Gasteiger partial charge in [-0.2, -0.15) is 5.10 Å². The van der Waals surface area contributed by atoms with Gasteiger partial charge in [0.2, 0.25) is 0 Å². The van der Waals surface area contributed by atoms with Crippen LogP contribution in [0, 0.1) is 0 Å². The number of allylic oxidation sites excluding steroid dienone is 1. The highest BCUT2D eigenvalue weighted by atomic mass is 28.3. The molecule has 1 aromatic carbocycles. The van der Waals surface area contributed by atoms with Crippen LogP contribution in [0.15, 0.2) is 49.3 Å². The van der Waals surface area contributed by atoms with Crippen molar-refractivity contribution in [3.05, 3.63) is 49.3 Å². The number of rotatable bonds is 4. The number of benzene rings is 1. The van der Waals surface area contributed by atoms with Crippen LogP contribution in [0.1, 0.15) is 0 Å². The van der Waals surface area contributed by atoms with Gasteiger partial charge in [0.25, 0.3) is 0 Å². The molecule has 75 valence electrons. The molecule has 2 rings (SSSR count). The first kappa shape index (κ1) is 9.86.